The van der Waals surface area contributed by atoms with Crippen molar-refractivity contribution in [2.45, 2.75) is 33.7 Å². The van der Waals surface area contributed by atoms with E-state index in [0.717, 1.165) is 11.4 Å². The van der Waals surface area contributed by atoms with E-state index in [-0.39, 0.29) is 10.8 Å². The van der Waals surface area contributed by atoms with Crippen LogP contribution in [0.4, 0.5) is 5.82 Å². The zero-order chi connectivity index (χ0) is 15.3. The first-order valence-corrected chi connectivity index (χ1v) is 7.57. The SMILES string of the molecule is CC1(C)C(Nc2cc(Cl)nc(-c3ccccc3)n2)C1(C)C. The van der Waals surface area contributed by atoms with Crippen LogP contribution in [0, 0.1) is 10.8 Å². The van der Waals surface area contributed by atoms with E-state index in [0.29, 0.717) is 17.0 Å². The first kappa shape index (κ1) is 14.3. The monoisotopic (exact) mass is 301 g/mol. The molecule has 21 heavy (non-hydrogen) atoms. The average molecular weight is 302 g/mol. The van der Waals surface area contributed by atoms with Crippen molar-refractivity contribution < 1.29 is 0 Å². The van der Waals surface area contributed by atoms with Crippen molar-refractivity contribution in [3.05, 3.63) is 41.6 Å². The first-order chi connectivity index (χ1) is 9.82. The van der Waals surface area contributed by atoms with E-state index in [1.165, 1.54) is 0 Å². The lowest BCUT2D eigenvalue weighted by molar-refractivity contribution is 0.457. The topological polar surface area (TPSA) is 37.8 Å². The third kappa shape index (κ3) is 2.40. The number of hydrogen-bond donors (Lipinski definition) is 1. The highest BCUT2D eigenvalue weighted by Crippen LogP contribution is 2.63. The smallest absolute Gasteiger partial charge is 0.163 e. The predicted molar refractivity (Wildman–Crippen MR) is 87.5 cm³/mol. The van der Waals surface area contributed by atoms with E-state index >= 15 is 0 Å². The van der Waals surface area contributed by atoms with E-state index < -0.39 is 0 Å². The lowest BCUT2D eigenvalue weighted by Gasteiger charge is -2.09. The third-order valence-electron chi connectivity index (χ3n) is 5.04. The Labute approximate surface area is 130 Å². The van der Waals surface area contributed by atoms with Gasteiger partial charge in [0.2, 0.25) is 0 Å². The summed E-state index contributed by atoms with van der Waals surface area (Å²) in [6.45, 7) is 9.08. The van der Waals surface area contributed by atoms with E-state index in [4.69, 9.17) is 11.6 Å². The molecule has 0 unspecified atom stereocenters. The number of aromatic nitrogens is 2. The van der Waals surface area contributed by atoms with E-state index in [9.17, 15) is 0 Å². The molecule has 1 saturated carbocycles. The van der Waals surface area contributed by atoms with Crippen LogP contribution in [0.3, 0.4) is 0 Å². The van der Waals surface area contributed by atoms with Crippen LogP contribution in [0.25, 0.3) is 11.4 Å². The van der Waals surface area contributed by atoms with Gasteiger partial charge in [0, 0.05) is 17.7 Å². The van der Waals surface area contributed by atoms with Gasteiger partial charge in [-0.05, 0) is 10.8 Å². The Balaban J connectivity index is 1.90. The Hall–Kier alpha value is -1.61. The van der Waals surface area contributed by atoms with Crippen molar-refractivity contribution in [1.29, 1.82) is 0 Å². The minimum Gasteiger partial charge on any atom is -0.366 e. The molecule has 0 spiro atoms. The number of anilines is 1. The van der Waals surface area contributed by atoms with Gasteiger partial charge in [-0.1, -0.05) is 69.6 Å². The first-order valence-electron chi connectivity index (χ1n) is 7.19. The van der Waals surface area contributed by atoms with Gasteiger partial charge in [0.25, 0.3) is 0 Å². The summed E-state index contributed by atoms with van der Waals surface area (Å²) in [6, 6.07) is 12.1. The van der Waals surface area contributed by atoms with E-state index in [1.54, 1.807) is 6.07 Å². The maximum Gasteiger partial charge on any atom is 0.163 e. The molecular formula is C17H20ClN3. The summed E-state index contributed by atoms with van der Waals surface area (Å²) in [6.07, 6.45) is 0. The Morgan fingerprint density at radius 1 is 1.00 bits per heavy atom. The molecule has 3 rings (SSSR count). The predicted octanol–water partition coefficient (Wildman–Crippen LogP) is 4.64. The molecule has 3 nitrogen and oxygen atoms in total. The lowest BCUT2D eigenvalue weighted by atomic mass is 10.0. The van der Waals surface area contributed by atoms with Crippen molar-refractivity contribution in [2.24, 2.45) is 10.8 Å². The molecule has 2 aromatic rings. The summed E-state index contributed by atoms with van der Waals surface area (Å²) >= 11 is 6.15. The fourth-order valence-corrected chi connectivity index (χ4v) is 3.10. The standard InChI is InChI=1S/C17H20ClN3/c1-16(2)15(17(16,3)4)21-13-10-12(18)19-14(20-13)11-8-6-5-7-9-11/h5-10,15H,1-4H3,(H,19,20,21). The normalized spacial score (nSPS) is 19.3. The van der Waals surface area contributed by atoms with E-state index in [2.05, 4.69) is 43.0 Å². The highest BCUT2D eigenvalue weighted by Gasteiger charge is 2.65. The molecule has 0 bridgehead atoms. The Kier molecular flexibility index (Phi) is 3.21. The van der Waals surface area contributed by atoms with Gasteiger partial charge in [0.15, 0.2) is 5.82 Å². The molecular weight excluding hydrogens is 282 g/mol. The summed E-state index contributed by atoms with van der Waals surface area (Å²) < 4.78 is 0. The van der Waals surface area contributed by atoms with Crippen LogP contribution in [0.1, 0.15) is 27.7 Å². The molecule has 110 valence electrons. The van der Waals surface area contributed by atoms with Crippen LogP contribution in [0.15, 0.2) is 36.4 Å². The number of nitrogens with zero attached hydrogens (tertiary/aromatic N) is 2. The maximum atomic E-state index is 6.15. The highest BCUT2D eigenvalue weighted by molar-refractivity contribution is 6.29. The van der Waals surface area contributed by atoms with Crippen molar-refractivity contribution in [2.75, 3.05) is 5.32 Å². The second-order valence-corrected chi connectivity index (χ2v) is 7.17. The van der Waals surface area contributed by atoms with Crippen LogP contribution in [0.5, 0.6) is 0 Å². The molecule has 1 aromatic heterocycles. The van der Waals surface area contributed by atoms with Gasteiger partial charge in [-0.2, -0.15) is 0 Å². The van der Waals surface area contributed by atoms with Crippen molar-refractivity contribution in [1.82, 2.24) is 9.97 Å². The zero-order valence-electron chi connectivity index (χ0n) is 12.8. The summed E-state index contributed by atoms with van der Waals surface area (Å²) in [7, 11) is 0. The largest absolute Gasteiger partial charge is 0.366 e. The number of hydrogen-bond acceptors (Lipinski definition) is 3. The Morgan fingerprint density at radius 2 is 1.62 bits per heavy atom. The van der Waals surface area contributed by atoms with Gasteiger partial charge >= 0.3 is 0 Å². The van der Waals surface area contributed by atoms with Crippen LogP contribution in [0.2, 0.25) is 5.15 Å². The average Bonchev–Trinajstić information content (AvgIpc) is 2.82. The van der Waals surface area contributed by atoms with Crippen LogP contribution in [-0.4, -0.2) is 16.0 Å². The summed E-state index contributed by atoms with van der Waals surface area (Å²) in [5, 5.41) is 3.97. The molecule has 0 amide bonds. The third-order valence-corrected chi connectivity index (χ3v) is 5.23. The summed E-state index contributed by atoms with van der Waals surface area (Å²) in [5.74, 6) is 1.44. The molecule has 1 N–H and O–H groups in total. The fourth-order valence-electron chi connectivity index (χ4n) is 2.91. The molecule has 1 aliphatic carbocycles. The second-order valence-electron chi connectivity index (χ2n) is 6.79. The van der Waals surface area contributed by atoms with Crippen molar-refractivity contribution in [3.8, 4) is 11.4 Å². The van der Waals surface area contributed by atoms with E-state index in [1.807, 2.05) is 30.3 Å². The van der Waals surface area contributed by atoms with Gasteiger partial charge in [-0.15, -0.1) is 0 Å². The van der Waals surface area contributed by atoms with Gasteiger partial charge in [0.05, 0.1) is 0 Å². The Bertz CT molecular complexity index is 651. The van der Waals surface area contributed by atoms with Crippen molar-refractivity contribution in [3.63, 3.8) is 0 Å². The Morgan fingerprint density at radius 3 is 2.19 bits per heavy atom. The van der Waals surface area contributed by atoms with Crippen molar-refractivity contribution >= 4 is 17.4 Å². The molecule has 4 heteroatoms. The number of rotatable bonds is 3. The minimum atomic E-state index is 0.247. The highest BCUT2D eigenvalue weighted by atomic mass is 35.5. The summed E-state index contributed by atoms with van der Waals surface area (Å²) in [4.78, 5) is 8.93. The van der Waals surface area contributed by atoms with Gasteiger partial charge in [-0.25, -0.2) is 9.97 Å². The fraction of sp³-hybridized carbons (Fsp3) is 0.412. The molecule has 1 heterocycles. The second kappa shape index (κ2) is 4.70. The molecule has 1 fully saturated rings. The maximum absolute atomic E-state index is 6.15. The lowest BCUT2D eigenvalue weighted by Crippen LogP contribution is -2.12. The molecule has 0 saturated heterocycles. The van der Waals surface area contributed by atoms with Gasteiger partial charge in [-0.3, -0.25) is 0 Å². The molecule has 0 atom stereocenters. The number of nitrogens with one attached hydrogen (secondary N) is 1. The van der Waals surface area contributed by atoms with Crippen LogP contribution >= 0.6 is 11.6 Å². The number of halogens is 1. The summed E-state index contributed by atoms with van der Waals surface area (Å²) in [5.41, 5.74) is 1.46. The molecule has 0 aliphatic heterocycles. The van der Waals surface area contributed by atoms with Gasteiger partial charge < -0.3 is 5.32 Å². The quantitative estimate of drug-likeness (QED) is 0.839. The minimum absolute atomic E-state index is 0.247. The zero-order valence-corrected chi connectivity index (χ0v) is 13.6. The van der Waals surface area contributed by atoms with Crippen LogP contribution < -0.4 is 5.32 Å². The van der Waals surface area contributed by atoms with Gasteiger partial charge in [0.1, 0.15) is 11.0 Å². The van der Waals surface area contributed by atoms with Crippen LogP contribution in [-0.2, 0) is 0 Å². The molecule has 1 aliphatic rings. The number of benzene rings is 1. The molecule has 1 aromatic carbocycles. The molecule has 0 radical (unpaired) electrons.